The second-order valence-corrected chi connectivity index (χ2v) is 3.61. The standard InChI is InChI=1S/C11H12FN3O2/c1-7(13)9-3-2-8(12)4-10(9)16-5-11-14-6-17-15-11/h2-4,6-7H,5,13H2,1H3/t7-/m0/s1. The van der Waals surface area contributed by atoms with E-state index in [1.54, 1.807) is 13.0 Å². The van der Waals surface area contributed by atoms with Crippen molar-refractivity contribution in [3.63, 3.8) is 0 Å². The van der Waals surface area contributed by atoms with E-state index in [9.17, 15) is 4.39 Å². The lowest BCUT2D eigenvalue weighted by Gasteiger charge is -2.12. The predicted molar refractivity (Wildman–Crippen MR) is 57.6 cm³/mol. The molecule has 0 fully saturated rings. The summed E-state index contributed by atoms with van der Waals surface area (Å²) in [6.07, 6.45) is 1.21. The van der Waals surface area contributed by atoms with Gasteiger partial charge in [0.2, 0.25) is 12.2 Å². The van der Waals surface area contributed by atoms with Crippen molar-refractivity contribution in [2.24, 2.45) is 5.73 Å². The molecule has 0 bridgehead atoms. The highest BCUT2D eigenvalue weighted by molar-refractivity contribution is 5.36. The van der Waals surface area contributed by atoms with Crippen LogP contribution in [0.15, 0.2) is 29.1 Å². The van der Waals surface area contributed by atoms with E-state index >= 15 is 0 Å². The molecule has 2 rings (SSSR count). The second kappa shape index (κ2) is 4.92. The van der Waals surface area contributed by atoms with Crippen LogP contribution in [0.4, 0.5) is 4.39 Å². The molecule has 0 saturated carbocycles. The first-order valence-corrected chi connectivity index (χ1v) is 5.10. The molecule has 0 saturated heterocycles. The summed E-state index contributed by atoms with van der Waals surface area (Å²) in [7, 11) is 0. The Kier molecular flexibility index (Phi) is 3.34. The zero-order valence-electron chi connectivity index (χ0n) is 9.26. The Labute approximate surface area is 97.4 Å². The molecule has 1 aromatic heterocycles. The number of nitrogens with zero attached hydrogens (tertiary/aromatic N) is 2. The van der Waals surface area contributed by atoms with Gasteiger partial charge in [-0.2, -0.15) is 4.98 Å². The highest BCUT2D eigenvalue weighted by atomic mass is 19.1. The Hall–Kier alpha value is -1.95. The van der Waals surface area contributed by atoms with Gasteiger partial charge in [0.1, 0.15) is 11.6 Å². The van der Waals surface area contributed by atoms with Crippen molar-refractivity contribution in [1.29, 1.82) is 0 Å². The molecule has 1 heterocycles. The van der Waals surface area contributed by atoms with Gasteiger partial charge in [-0.3, -0.25) is 0 Å². The van der Waals surface area contributed by atoms with Gasteiger partial charge in [0, 0.05) is 17.7 Å². The average molecular weight is 237 g/mol. The van der Waals surface area contributed by atoms with Crippen LogP contribution in [0.2, 0.25) is 0 Å². The normalized spacial score (nSPS) is 12.4. The summed E-state index contributed by atoms with van der Waals surface area (Å²) in [5.74, 6) is 0.409. The Morgan fingerprint density at radius 1 is 1.53 bits per heavy atom. The summed E-state index contributed by atoms with van der Waals surface area (Å²) in [6.45, 7) is 1.91. The topological polar surface area (TPSA) is 74.2 Å². The average Bonchev–Trinajstić information content (AvgIpc) is 2.78. The van der Waals surface area contributed by atoms with Gasteiger partial charge in [0.15, 0.2) is 6.61 Å². The van der Waals surface area contributed by atoms with Crippen LogP contribution < -0.4 is 10.5 Å². The van der Waals surface area contributed by atoms with Crippen molar-refractivity contribution in [1.82, 2.24) is 10.1 Å². The number of halogens is 1. The predicted octanol–water partition coefficient (Wildman–Crippen LogP) is 1.81. The zero-order chi connectivity index (χ0) is 12.3. The van der Waals surface area contributed by atoms with Crippen LogP contribution in [-0.2, 0) is 6.61 Å². The second-order valence-electron chi connectivity index (χ2n) is 3.61. The SMILES string of the molecule is C[C@H](N)c1ccc(F)cc1OCc1ncon1. The number of nitrogens with two attached hydrogens (primary N) is 1. The van der Waals surface area contributed by atoms with E-state index < -0.39 is 0 Å². The van der Waals surface area contributed by atoms with E-state index in [0.717, 1.165) is 5.56 Å². The van der Waals surface area contributed by atoms with Crippen LogP contribution in [-0.4, -0.2) is 10.1 Å². The van der Waals surface area contributed by atoms with Crippen LogP contribution in [0.25, 0.3) is 0 Å². The third kappa shape index (κ3) is 2.79. The highest BCUT2D eigenvalue weighted by Crippen LogP contribution is 2.25. The van der Waals surface area contributed by atoms with E-state index in [1.165, 1.54) is 18.5 Å². The lowest BCUT2D eigenvalue weighted by atomic mass is 10.1. The lowest BCUT2D eigenvalue weighted by Crippen LogP contribution is -2.08. The zero-order valence-corrected chi connectivity index (χ0v) is 9.26. The van der Waals surface area contributed by atoms with Crippen LogP contribution in [0.5, 0.6) is 5.75 Å². The maximum Gasteiger partial charge on any atom is 0.213 e. The molecule has 0 aliphatic rings. The number of rotatable bonds is 4. The van der Waals surface area contributed by atoms with E-state index in [0.29, 0.717) is 11.6 Å². The minimum Gasteiger partial charge on any atom is -0.485 e. The lowest BCUT2D eigenvalue weighted by molar-refractivity contribution is 0.281. The molecule has 6 heteroatoms. The summed E-state index contributed by atoms with van der Waals surface area (Å²) < 4.78 is 23.1. The summed E-state index contributed by atoms with van der Waals surface area (Å²) in [5.41, 5.74) is 6.49. The van der Waals surface area contributed by atoms with E-state index in [-0.39, 0.29) is 18.5 Å². The van der Waals surface area contributed by atoms with Crippen molar-refractivity contribution in [2.75, 3.05) is 0 Å². The van der Waals surface area contributed by atoms with Gasteiger partial charge < -0.3 is 15.0 Å². The van der Waals surface area contributed by atoms with Gasteiger partial charge in [-0.05, 0) is 13.0 Å². The van der Waals surface area contributed by atoms with Crippen LogP contribution in [0.1, 0.15) is 24.4 Å². The maximum atomic E-state index is 13.1. The molecule has 17 heavy (non-hydrogen) atoms. The van der Waals surface area contributed by atoms with Crippen molar-refractivity contribution in [2.45, 2.75) is 19.6 Å². The Morgan fingerprint density at radius 3 is 3.00 bits per heavy atom. The minimum absolute atomic E-state index is 0.111. The smallest absolute Gasteiger partial charge is 0.213 e. The van der Waals surface area contributed by atoms with Crippen LogP contribution in [0, 0.1) is 5.82 Å². The summed E-state index contributed by atoms with van der Waals surface area (Å²) in [5, 5.41) is 3.59. The molecule has 2 N–H and O–H groups in total. The monoisotopic (exact) mass is 237 g/mol. The van der Waals surface area contributed by atoms with Gasteiger partial charge >= 0.3 is 0 Å². The first-order chi connectivity index (χ1) is 8.16. The summed E-state index contributed by atoms with van der Waals surface area (Å²) >= 11 is 0. The molecular weight excluding hydrogens is 225 g/mol. The first kappa shape index (κ1) is 11.5. The van der Waals surface area contributed by atoms with Crippen molar-refractivity contribution >= 4 is 0 Å². The number of benzene rings is 1. The van der Waals surface area contributed by atoms with E-state index in [1.807, 2.05) is 0 Å². The molecule has 0 radical (unpaired) electrons. The number of hydrogen-bond acceptors (Lipinski definition) is 5. The third-order valence-corrected chi connectivity index (χ3v) is 2.23. The van der Waals surface area contributed by atoms with Crippen LogP contribution >= 0.6 is 0 Å². The molecule has 1 aromatic carbocycles. The molecule has 0 unspecified atom stereocenters. The largest absolute Gasteiger partial charge is 0.485 e. The van der Waals surface area contributed by atoms with Crippen molar-refractivity contribution < 1.29 is 13.7 Å². The number of aromatic nitrogens is 2. The quantitative estimate of drug-likeness (QED) is 0.877. The molecular formula is C11H12FN3O2. The highest BCUT2D eigenvalue weighted by Gasteiger charge is 2.10. The minimum atomic E-state index is -0.377. The molecule has 0 aliphatic heterocycles. The Morgan fingerprint density at radius 2 is 2.35 bits per heavy atom. The Bertz CT molecular complexity index is 485. The number of hydrogen-bond donors (Lipinski definition) is 1. The van der Waals surface area contributed by atoms with E-state index in [4.69, 9.17) is 10.5 Å². The fourth-order valence-corrected chi connectivity index (χ4v) is 1.41. The van der Waals surface area contributed by atoms with Gasteiger partial charge in [-0.1, -0.05) is 11.2 Å². The summed E-state index contributed by atoms with van der Waals surface area (Å²) in [4.78, 5) is 3.80. The third-order valence-electron chi connectivity index (χ3n) is 2.23. The molecule has 0 aliphatic carbocycles. The van der Waals surface area contributed by atoms with Gasteiger partial charge in [-0.15, -0.1) is 0 Å². The maximum absolute atomic E-state index is 13.1. The molecule has 5 nitrogen and oxygen atoms in total. The fraction of sp³-hybridized carbons (Fsp3) is 0.273. The van der Waals surface area contributed by atoms with E-state index in [2.05, 4.69) is 14.7 Å². The first-order valence-electron chi connectivity index (χ1n) is 5.10. The van der Waals surface area contributed by atoms with Crippen LogP contribution in [0.3, 0.4) is 0 Å². The van der Waals surface area contributed by atoms with Gasteiger partial charge in [0.25, 0.3) is 0 Å². The molecule has 2 aromatic rings. The van der Waals surface area contributed by atoms with Gasteiger partial charge in [0.05, 0.1) is 0 Å². The molecule has 1 atom stereocenters. The summed E-state index contributed by atoms with van der Waals surface area (Å²) in [6, 6.07) is 4.00. The molecule has 90 valence electrons. The Balaban J connectivity index is 2.16. The van der Waals surface area contributed by atoms with Crippen molar-refractivity contribution in [3.8, 4) is 5.75 Å². The molecule has 0 amide bonds. The van der Waals surface area contributed by atoms with Gasteiger partial charge in [-0.25, -0.2) is 4.39 Å². The number of ether oxygens (including phenoxy) is 1. The van der Waals surface area contributed by atoms with Crippen molar-refractivity contribution in [3.05, 3.63) is 41.8 Å². The fourth-order valence-electron chi connectivity index (χ4n) is 1.41. The molecule has 0 spiro atoms.